The van der Waals surface area contributed by atoms with Crippen molar-refractivity contribution in [3.05, 3.63) is 120 Å². The fourth-order valence-corrected chi connectivity index (χ4v) is 9.55. The van der Waals surface area contributed by atoms with Crippen molar-refractivity contribution < 1.29 is 38.1 Å². The molecule has 1 heterocycles. The Balaban J connectivity index is 1.85. The third kappa shape index (κ3) is 9.92. The number of likely N-dealkylation sites (tertiary alicyclic amines) is 1. The molecule has 4 rings (SSSR count). The van der Waals surface area contributed by atoms with Gasteiger partial charge in [-0.3, -0.25) is 14.4 Å². The highest BCUT2D eigenvalue weighted by atomic mass is 35.6. The number of carbonyl (C=O) groups is 4. The highest BCUT2D eigenvalue weighted by Crippen LogP contribution is 2.56. The van der Waals surface area contributed by atoms with E-state index in [1.54, 1.807) is 6.92 Å². The number of β-lactam (4-membered cyclic amide) rings is 1. The molecule has 0 aromatic heterocycles. The van der Waals surface area contributed by atoms with Gasteiger partial charge in [0.2, 0.25) is 9.70 Å². The van der Waals surface area contributed by atoms with Crippen LogP contribution in [0.15, 0.2) is 104 Å². The van der Waals surface area contributed by atoms with E-state index < -0.39 is 75.7 Å². The number of carbonyl (C=O) groups excluding carboxylic acids is 4. The molecule has 0 aliphatic carbocycles. The molecule has 1 aliphatic heterocycles. The van der Waals surface area contributed by atoms with Crippen LogP contribution in [-0.2, 0) is 38.1 Å². The lowest BCUT2D eigenvalue weighted by Gasteiger charge is -2.52. The summed E-state index contributed by atoms with van der Waals surface area (Å²) >= 11 is 27.6. The maximum atomic E-state index is 14.3. The Morgan fingerprint density at radius 3 is 1.75 bits per heavy atom. The third-order valence-corrected chi connectivity index (χ3v) is 15.5. The van der Waals surface area contributed by atoms with Crippen LogP contribution >= 0.6 is 58.2 Å². The molecule has 9 nitrogen and oxygen atoms in total. The standard InChI is InChI=1S/C38H41Cl4NO8SSi/c1-6-23-49-29(44)24-36(39,53(3,4)5)51-30(45)25-43-33(46)31(32(38(40,41)42)50-35(47)48-7-2)34(43)52-37(26-17-11-8-12-18-26,27-19-13-9-14-20-27)28-21-15-10-16-22-28/h6,8-22,31-32,34H,1,7,23-25H2,2-5H3/t31-,32?,34+,36?/m0/s1. The number of amides is 1. The number of rotatable bonds is 16. The van der Waals surface area contributed by atoms with Gasteiger partial charge < -0.3 is 23.8 Å². The van der Waals surface area contributed by atoms with Crippen molar-refractivity contribution in [3.63, 3.8) is 0 Å². The van der Waals surface area contributed by atoms with E-state index in [2.05, 4.69) is 6.58 Å². The molecule has 4 atom stereocenters. The highest BCUT2D eigenvalue weighted by molar-refractivity contribution is 8.01. The van der Waals surface area contributed by atoms with Crippen LogP contribution in [0.3, 0.4) is 0 Å². The van der Waals surface area contributed by atoms with Gasteiger partial charge in [0, 0.05) is 0 Å². The molecule has 53 heavy (non-hydrogen) atoms. The van der Waals surface area contributed by atoms with Crippen LogP contribution in [0, 0.1) is 5.92 Å². The minimum Gasteiger partial charge on any atom is -0.461 e. The number of ether oxygens (including phenoxy) is 4. The second-order valence-electron chi connectivity index (χ2n) is 13.1. The Morgan fingerprint density at radius 1 is 0.849 bits per heavy atom. The molecular formula is C38H41Cl4NO8SSi. The highest BCUT2D eigenvalue weighted by Gasteiger charge is 2.62. The number of benzene rings is 3. The topological polar surface area (TPSA) is 108 Å². The summed E-state index contributed by atoms with van der Waals surface area (Å²) in [6, 6.07) is 28.9. The van der Waals surface area contributed by atoms with Gasteiger partial charge in [-0.2, -0.15) is 0 Å². The molecule has 3 aromatic carbocycles. The van der Waals surface area contributed by atoms with E-state index in [4.69, 9.17) is 65.4 Å². The first-order valence-electron chi connectivity index (χ1n) is 16.7. The Morgan fingerprint density at radius 2 is 1.34 bits per heavy atom. The average molecular weight is 842 g/mol. The lowest BCUT2D eigenvalue weighted by Crippen LogP contribution is -2.68. The van der Waals surface area contributed by atoms with Gasteiger partial charge in [-0.25, -0.2) is 4.79 Å². The summed E-state index contributed by atoms with van der Waals surface area (Å²) in [7, 11) is -2.64. The molecule has 0 radical (unpaired) electrons. The zero-order valence-electron chi connectivity index (χ0n) is 29.6. The molecule has 0 N–H and O–H groups in total. The maximum absolute atomic E-state index is 14.3. The van der Waals surface area contributed by atoms with Crippen LogP contribution < -0.4 is 0 Å². The van der Waals surface area contributed by atoms with Crippen LogP contribution in [0.5, 0.6) is 0 Å². The van der Waals surface area contributed by atoms with Crippen molar-refractivity contribution in [2.45, 2.75) is 57.7 Å². The normalized spacial score (nSPS) is 17.8. The van der Waals surface area contributed by atoms with Crippen LogP contribution in [0.2, 0.25) is 19.6 Å². The SMILES string of the molecule is C=CCOC(=O)CC(Cl)(OC(=O)CN1C(=O)[C@H](C(OC(=O)OCC)C(Cl)(Cl)Cl)[C@H]1SC(c1ccccc1)(c1ccccc1)c1ccccc1)[Si](C)(C)C. The molecule has 3 aromatic rings. The minimum atomic E-state index is -2.64. The van der Waals surface area contributed by atoms with Gasteiger partial charge in [0.25, 0.3) is 0 Å². The summed E-state index contributed by atoms with van der Waals surface area (Å²) in [5.41, 5.74) is 2.53. The van der Waals surface area contributed by atoms with Crippen molar-refractivity contribution in [1.29, 1.82) is 0 Å². The maximum Gasteiger partial charge on any atom is 0.508 e. The summed E-state index contributed by atoms with van der Waals surface area (Å²) < 4.78 is 16.5. The van der Waals surface area contributed by atoms with Crippen molar-refractivity contribution >= 4 is 90.2 Å². The summed E-state index contributed by atoms with van der Waals surface area (Å²) in [4.78, 5) is 54.8. The van der Waals surface area contributed by atoms with Gasteiger partial charge in [-0.1, -0.05) is 170 Å². The number of halogens is 4. The number of hydrogen-bond donors (Lipinski definition) is 0. The number of nitrogens with zero attached hydrogens (tertiary/aromatic N) is 1. The Labute approximate surface area is 335 Å². The first-order valence-corrected chi connectivity index (χ1v) is 22.6. The van der Waals surface area contributed by atoms with E-state index in [0.29, 0.717) is 0 Å². The van der Waals surface area contributed by atoms with E-state index in [9.17, 15) is 19.2 Å². The molecule has 0 spiro atoms. The first kappa shape index (κ1) is 42.5. The molecule has 0 saturated carbocycles. The van der Waals surface area contributed by atoms with E-state index >= 15 is 0 Å². The van der Waals surface area contributed by atoms with Gasteiger partial charge in [-0.05, 0) is 23.6 Å². The molecule has 1 aliphatic rings. The molecule has 1 amide bonds. The van der Waals surface area contributed by atoms with Crippen LogP contribution in [0.25, 0.3) is 0 Å². The van der Waals surface area contributed by atoms with Gasteiger partial charge in [0.1, 0.15) is 27.1 Å². The molecule has 1 saturated heterocycles. The molecule has 2 unspecified atom stereocenters. The van der Waals surface area contributed by atoms with E-state index in [0.717, 1.165) is 16.7 Å². The summed E-state index contributed by atoms with van der Waals surface area (Å²) in [5, 5.41) is -0.972. The fraction of sp³-hybridized carbons (Fsp3) is 0.368. The number of esters is 2. The number of alkyl halides is 4. The van der Waals surface area contributed by atoms with Crippen LogP contribution in [0.4, 0.5) is 4.79 Å². The molecule has 1 fully saturated rings. The van der Waals surface area contributed by atoms with Crippen molar-refractivity contribution in [1.82, 2.24) is 4.90 Å². The van der Waals surface area contributed by atoms with Crippen molar-refractivity contribution in [2.24, 2.45) is 5.92 Å². The second kappa shape index (κ2) is 18.0. The monoisotopic (exact) mass is 839 g/mol. The molecule has 0 bridgehead atoms. The van der Waals surface area contributed by atoms with Gasteiger partial charge >= 0.3 is 18.1 Å². The summed E-state index contributed by atoms with van der Waals surface area (Å²) in [6.07, 6.45) is -1.77. The Hall–Kier alpha value is -3.19. The Kier molecular flexibility index (Phi) is 14.4. The van der Waals surface area contributed by atoms with Gasteiger partial charge in [0.05, 0.1) is 23.1 Å². The largest absolute Gasteiger partial charge is 0.508 e. The first-order chi connectivity index (χ1) is 25.0. The lowest BCUT2D eigenvalue weighted by molar-refractivity contribution is -0.168. The Bertz CT molecular complexity index is 1650. The fourth-order valence-electron chi connectivity index (χ4n) is 5.83. The predicted octanol–water partition coefficient (Wildman–Crippen LogP) is 8.88. The lowest BCUT2D eigenvalue weighted by atomic mass is 9.84. The van der Waals surface area contributed by atoms with Crippen molar-refractivity contribution in [3.8, 4) is 0 Å². The number of hydrogen-bond acceptors (Lipinski definition) is 9. The third-order valence-electron chi connectivity index (χ3n) is 8.58. The minimum absolute atomic E-state index is 0.0301. The van der Waals surface area contributed by atoms with Crippen molar-refractivity contribution in [2.75, 3.05) is 19.8 Å². The molecule has 284 valence electrons. The van der Waals surface area contributed by atoms with Gasteiger partial charge in [0.15, 0.2) is 10.8 Å². The molecular weight excluding hydrogens is 800 g/mol. The zero-order valence-corrected chi connectivity index (χ0v) is 34.5. The summed E-state index contributed by atoms with van der Waals surface area (Å²) in [6.45, 7) is 9.97. The van der Waals surface area contributed by atoms with E-state index in [-0.39, 0.29) is 13.2 Å². The predicted molar refractivity (Wildman–Crippen MR) is 212 cm³/mol. The van der Waals surface area contributed by atoms with E-state index in [1.165, 1.54) is 22.7 Å². The van der Waals surface area contributed by atoms with Gasteiger partial charge in [-0.15, -0.1) is 11.8 Å². The summed E-state index contributed by atoms with van der Waals surface area (Å²) in [5.74, 6) is -3.48. The second-order valence-corrected chi connectivity index (χ2v) is 23.1. The van der Waals surface area contributed by atoms with Crippen LogP contribution in [0.1, 0.15) is 30.0 Å². The average Bonchev–Trinajstić information content (AvgIpc) is 3.11. The smallest absolute Gasteiger partial charge is 0.461 e. The quantitative estimate of drug-likeness (QED) is 0.0266. The zero-order chi connectivity index (χ0) is 39.0. The van der Waals surface area contributed by atoms with E-state index in [1.807, 2.05) is 111 Å². The molecule has 15 heteroatoms. The number of thioether (sulfide) groups is 1. The van der Waals surface area contributed by atoms with Crippen LogP contribution in [-0.4, -0.2) is 76.7 Å².